The molecule has 2 bridgehead atoms. The van der Waals surface area contributed by atoms with Gasteiger partial charge >= 0.3 is 31.2 Å². The van der Waals surface area contributed by atoms with E-state index in [4.69, 9.17) is 22.9 Å². The zero-order chi connectivity index (χ0) is 89.7. The Morgan fingerprint density at radius 1 is 0.541 bits per heavy atom. The van der Waals surface area contributed by atoms with Gasteiger partial charge in [0, 0.05) is 100 Å². The molecule has 672 valence electrons. The summed E-state index contributed by atoms with van der Waals surface area (Å²) < 4.78 is 43.2. The molecule has 2 aromatic rings. The van der Waals surface area contributed by atoms with Crippen LogP contribution < -0.4 is 86.7 Å². The van der Waals surface area contributed by atoms with Crippen molar-refractivity contribution >= 4 is 132 Å². The lowest BCUT2D eigenvalue weighted by atomic mass is 10.0. The molecule has 49 heteroatoms. The van der Waals surface area contributed by atoms with E-state index in [1.807, 2.05) is 0 Å². The number of nitrogens with one attached hydrogen (secondary N) is 12. The number of nitrogens with two attached hydrogens (primary N) is 4. The van der Waals surface area contributed by atoms with Gasteiger partial charge in [-0.15, -0.1) is 5.10 Å². The molecule has 45 nitrogen and oxygen atoms in total. The van der Waals surface area contributed by atoms with Crippen molar-refractivity contribution in [2.75, 3.05) is 31.9 Å². The molecule has 6 heterocycles. The Labute approximate surface area is 701 Å². The molecule has 13 atom stereocenters. The minimum atomic E-state index is -6.15. The molecule has 5 aliphatic rings. The second-order valence-electron chi connectivity index (χ2n) is 30.3. The summed E-state index contributed by atoms with van der Waals surface area (Å²) in [6.07, 6.45) is -2.78. The zero-order valence-corrected chi connectivity index (χ0v) is 68.3. The summed E-state index contributed by atoms with van der Waals surface area (Å²) in [5.41, 5.74) is 16.2. The van der Waals surface area contributed by atoms with E-state index < -0.39 is 257 Å². The fraction of sp³-hybridized carbons (Fsp3) is 0.630. The molecule has 5 aliphatic heterocycles. The van der Waals surface area contributed by atoms with Gasteiger partial charge in [-0.2, -0.15) is 20.5 Å². The Balaban J connectivity index is 1.18. The minimum Gasteiger partial charge on any atom is -0.481 e. The van der Waals surface area contributed by atoms with Gasteiger partial charge in [-0.3, -0.25) is 95.5 Å². The summed E-state index contributed by atoms with van der Waals surface area (Å²) in [5, 5.41) is 58.1. The molecule has 4 fully saturated rings. The number of hydrogen-bond donors (Lipinski definition) is 20. The van der Waals surface area contributed by atoms with E-state index in [9.17, 15) is 124 Å². The molecule has 4 saturated heterocycles. The number of primary amides is 4. The van der Waals surface area contributed by atoms with Crippen LogP contribution in [0, 0.1) is 0 Å². The van der Waals surface area contributed by atoms with Crippen molar-refractivity contribution in [2.45, 2.75) is 257 Å². The largest absolute Gasteiger partial charge is 0.481 e. The first-order valence-corrected chi connectivity index (χ1v) is 42.6. The number of fused-ring (bicyclic) bond motifs is 5. The number of carbonyl (C=O) groups is 19. The van der Waals surface area contributed by atoms with Crippen molar-refractivity contribution in [3.05, 3.63) is 47.3 Å². The Hall–Kier alpha value is -11.6. The maximum Gasteiger partial charge on any atom is 0.399 e. The van der Waals surface area contributed by atoms with Crippen LogP contribution in [0.5, 0.6) is 0 Å². The monoisotopic (exact) mass is 1760 g/mol. The average Bonchev–Trinajstić information content (AvgIpc) is 1.41. The first kappa shape index (κ1) is 97.6. The third-order valence-electron chi connectivity index (χ3n) is 21.0. The molecule has 122 heavy (non-hydrogen) atoms. The molecule has 24 N–H and O–H groups in total. The van der Waals surface area contributed by atoms with Crippen molar-refractivity contribution < 1.29 is 124 Å². The van der Waals surface area contributed by atoms with Crippen molar-refractivity contribution in [1.82, 2.24) is 88.6 Å². The van der Waals surface area contributed by atoms with Gasteiger partial charge in [0.2, 0.25) is 94.5 Å². The fourth-order valence-electron chi connectivity index (χ4n) is 14.5. The number of aryl methyl sites for hydroxylation is 1. The summed E-state index contributed by atoms with van der Waals surface area (Å²) >= 11 is 1.75. The highest BCUT2D eigenvalue weighted by molar-refractivity contribution is 8.00. The predicted molar refractivity (Wildman–Crippen MR) is 421 cm³/mol. The van der Waals surface area contributed by atoms with Crippen LogP contribution >= 0.6 is 19.4 Å². The molecular weight excluding hydrogens is 1660 g/mol. The maximum absolute atomic E-state index is 15.0. The summed E-state index contributed by atoms with van der Waals surface area (Å²) in [6, 6.07) is -14.4. The van der Waals surface area contributed by atoms with Gasteiger partial charge in [0.05, 0.1) is 30.7 Å². The van der Waals surface area contributed by atoms with Gasteiger partial charge in [-0.05, 0) is 102 Å². The third-order valence-corrected chi connectivity index (χ3v) is 23.5. The van der Waals surface area contributed by atoms with Crippen molar-refractivity contribution in [3.8, 4) is 0 Å². The summed E-state index contributed by atoms with van der Waals surface area (Å²) in [7, 11) is -6.15. The predicted octanol–water partition coefficient (Wildman–Crippen LogP) is -5.53. The number of aromatic nitrogens is 3. The normalized spacial score (nSPS) is 25.3. The topological polar surface area (TPSA) is 708 Å². The second-order valence-corrected chi connectivity index (χ2v) is 33.3. The lowest BCUT2D eigenvalue weighted by molar-refractivity contribution is -0.143. The summed E-state index contributed by atoms with van der Waals surface area (Å²) in [6.45, 7) is -1.12. The number of benzene rings is 1. The highest BCUT2D eigenvalue weighted by Gasteiger charge is 2.51. The van der Waals surface area contributed by atoms with Crippen molar-refractivity contribution in [3.63, 3.8) is 0 Å². The summed E-state index contributed by atoms with van der Waals surface area (Å²) in [5.74, 6) is -18.8. The molecule has 1 aromatic carbocycles. The van der Waals surface area contributed by atoms with Crippen molar-refractivity contribution in [2.24, 2.45) is 22.9 Å². The SMILES string of the molecule is NC(=O)CC[C@@H]1NC(=O)[C@@H]2CCCN2C(=O)[C@H](CCC(=O)O)NC(=O)[C@@H](CCCCNC(=O)CCCC[C@@H]2SC[C@@H]3NC(=O)N[C@@H]32)NC(=O)CCCCCn2cc(nn2)C[C@H](C(N)=O)NC(=O)[C@H](CC(N)=O)NC(=O)[C@H](CCC(=O)O)NC(=O)CNC(=O)[C@@H]2CCCN2C(=O)[C@H](CCC(N)=O)NC(=O)[C@H](Cc2ccc(C(F)(F)P(=O)(O)O)cc2)NC1=O. The van der Waals surface area contributed by atoms with Gasteiger partial charge in [0.15, 0.2) is 0 Å². The Morgan fingerprint density at radius 3 is 1.66 bits per heavy atom. The number of nitrogens with zero attached hydrogens (tertiary/aromatic N) is 5. The standard InChI is InChI=1S/C73H106F2N21O24PS/c74-73(75,121(118,119)120)39-18-16-38(17-19-39)32-47-66(111)86-44(21-25-54(77)98)70(115)95-30-8-11-50(95)68(113)81-35-58(102)83-42(22-26-59(103)104)64(109)89-48(34-55(78)99)67(112)87-46(62(79)107)33-40-36-94(93-92-40)29-7-1-2-15-57(101)82-41(10-5-6-28-80-56(100)14-4-3-13-52-61-49(37-122-52)90-72(117)91-61)63(108)85-45(23-27-60(105)106)71(116)96-31-9-12-51(96)69(114)84-43(65(110)88-47)20-24-53(76)97/h16-19,36,41-52,61H,1-15,20-35,37H2,(H2,76,97)(H2,77,98)(H2,78,99)(H2,79,107)(H,80,100)(H,81,113)(H,82,101)(H,83,102)(H,84,114)(H,85,108)(H,86,111)(H,87,112)(H,88,110)(H,89,109)(H,103,104)(H,105,106)(H2,90,91,117)(H2,118,119,120)/t41-,42+,43+,44+,45+,46-,47+,48+,49+,50+,51+,52+,61+/m1/s1. The van der Waals surface area contributed by atoms with Crippen LogP contribution in [-0.2, 0) is 116 Å². The number of urea groups is 1. The summed E-state index contributed by atoms with van der Waals surface area (Å²) in [4.78, 5) is 278. The van der Waals surface area contributed by atoms with Crippen LogP contribution in [0.15, 0.2) is 30.5 Å². The number of thioether (sulfide) groups is 1. The van der Waals surface area contributed by atoms with E-state index in [2.05, 4.69) is 74.1 Å². The van der Waals surface area contributed by atoms with Gasteiger partial charge < -0.3 is 117 Å². The van der Waals surface area contributed by atoms with Crippen LogP contribution in [0.25, 0.3) is 0 Å². The van der Waals surface area contributed by atoms with Crippen LogP contribution in [-0.4, -0.2) is 267 Å². The average molecular weight is 1760 g/mol. The number of amides is 18. The zero-order valence-electron chi connectivity index (χ0n) is 66.6. The third kappa shape index (κ3) is 30.3. The molecule has 0 saturated carbocycles. The van der Waals surface area contributed by atoms with E-state index in [-0.39, 0.29) is 131 Å². The second kappa shape index (κ2) is 46.5. The van der Waals surface area contributed by atoms with Crippen LogP contribution in [0.2, 0.25) is 0 Å². The molecule has 0 aliphatic carbocycles. The van der Waals surface area contributed by atoms with E-state index in [0.717, 1.165) is 40.5 Å². The molecule has 18 amide bonds. The smallest absolute Gasteiger partial charge is 0.399 e. The van der Waals surface area contributed by atoms with Gasteiger partial charge in [-0.25, -0.2) is 4.79 Å². The number of carbonyl (C=O) groups excluding carboxylic acids is 17. The molecular formula is C73H106F2N21O24PS. The maximum atomic E-state index is 15.0. The van der Waals surface area contributed by atoms with Gasteiger partial charge in [-0.1, -0.05) is 42.3 Å². The van der Waals surface area contributed by atoms with Crippen LogP contribution in [0.4, 0.5) is 13.6 Å². The molecule has 0 radical (unpaired) electrons. The number of carboxylic acids is 2. The molecule has 7 rings (SSSR count). The molecule has 1 aromatic heterocycles. The lowest BCUT2D eigenvalue weighted by Gasteiger charge is -2.31. The van der Waals surface area contributed by atoms with Crippen LogP contribution in [0.3, 0.4) is 0 Å². The van der Waals surface area contributed by atoms with Crippen molar-refractivity contribution in [1.29, 1.82) is 0 Å². The van der Waals surface area contributed by atoms with Crippen LogP contribution in [0.1, 0.15) is 171 Å². The fourth-order valence-corrected chi connectivity index (χ4v) is 16.5. The number of hydrogen-bond acceptors (Lipinski definition) is 23. The van der Waals surface area contributed by atoms with Gasteiger partial charge in [0.25, 0.3) is 0 Å². The van der Waals surface area contributed by atoms with E-state index >= 15 is 0 Å². The quantitative estimate of drug-likeness (QED) is 0.0205. The Morgan fingerprint density at radius 2 is 1.07 bits per heavy atom. The minimum absolute atomic E-state index is 0.00232. The highest BCUT2D eigenvalue weighted by atomic mass is 32.2. The highest BCUT2D eigenvalue weighted by Crippen LogP contribution is 2.59. The number of rotatable bonds is 29. The Kier molecular flexibility index (Phi) is 37.2. The lowest BCUT2D eigenvalue weighted by Crippen LogP contribution is -2.60. The Bertz CT molecular complexity index is 4240. The molecule has 0 spiro atoms. The first-order chi connectivity index (χ1) is 57.7. The van der Waals surface area contributed by atoms with E-state index in [0.29, 0.717) is 31.4 Å². The number of aliphatic carboxylic acids is 2. The number of unbranched alkanes of at least 4 members (excludes halogenated alkanes) is 2. The first-order valence-electron chi connectivity index (χ1n) is 39.9. The number of carboxylic acid groups (broad SMARTS) is 2. The molecule has 0 unspecified atom stereocenters. The van der Waals surface area contributed by atoms with E-state index in [1.165, 1.54) is 10.9 Å². The van der Waals surface area contributed by atoms with E-state index in [1.54, 1.807) is 11.8 Å². The van der Waals surface area contributed by atoms with Gasteiger partial charge in [0.1, 0.15) is 60.4 Å². The number of halogens is 2. The number of alkyl halides is 2.